The van der Waals surface area contributed by atoms with Crippen LogP contribution in [0.1, 0.15) is 37.7 Å². The lowest BCUT2D eigenvalue weighted by Crippen LogP contribution is -2.44. The van der Waals surface area contributed by atoms with Gasteiger partial charge in [-0.15, -0.1) is 0 Å². The van der Waals surface area contributed by atoms with Crippen molar-refractivity contribution in [2.45, 2.75) is 44.6 Å². The average molecular weight is 272 g/mol. The van der Waals surface area contributed by atoms with Crippen LogP contribution in [-0.4, -0.2) is 37.1 Å². The first-order valence-corrected chi connectivity index (χ1v) is 8.40. The predicted molar refractivity (Wildman–Crippen MR) is 85.0 cm³/mol. The molecule has 1 aromatic rings. The minimum atomic E-state index is 0.781. The van der Waals surface area contributed by atoms with Crippen LogP contribution in [0, 0.1) is 5.92 Å². The highest BCUT2D eigenvalue weighted by molar-refractivity contribution is 5.14. The lowest BCUT2D eigenvalue weighted by Gasteiger charge is -2.34. The molecule has 0 atom stereocenters. The van der Waals surface area contributed by atoms with E-state index in [1.54, 1.807) is 0 Å². The van der Waals surface area contributed by atoms with Gasteiger partial charge in [0.1, 0.15) is 0 Å². The second-order valence-electron chi connectivity index (χ2n) is 6.56. The highest BCUT2D eigenvalue weighted by Gasteiger charge is 2.21. The Morgan fingerprint density at radius 1 is 1.00 bits per heavy atom. The van der Waals surface area contributed by atoms with Crippen molar-refractivity contribution in [3.8, 4) is 0 Å². The van der Waals surface area contributed by atoms with Gasteiger partial charge in [0.15, 0.2) is 0 Å². The number of hydrogen-bond acceptors (Lipinski definition) is 2. The molecule has 1 saturated carbocycles. The number of likely N-dealkylation sites (tertiary alicyclic amines) is 1. The van der Waals surface area contributed by atoms with Crippen LogP contribution in [-0.2, 0) is 6.42 Å². The second-order valence-corrected chi connectivity index (χ2v) is 6.56. The van der Waals surface area contributed by atoms with Crippen molar-refractivity contribution in [1.29, 1.82) is 0 Å². The zero-order valence-corrected chi connectivity index (χ0v) is 12.6. The van der Waals surface area contributed by atoms with Crippen molar-refractivity contribution in [2.24, 2.45) is 5.92 Å². The highest BCUT2D eigenvalue weighted by Crippen LogP contribution is 2.25. The van der Waals surface area contributed by atoms with E-state index < -0.39 is 0 Å². The third kappa shape index (κ3) is 4.07. The van der Waals surface area contributed by atoms with E-state index in [1.807, 2.05) is 0 Å². The molecule has 0 spiro atoms. The lowest BCUT2D eigenvalue weighted by molar-refractivity contribution is 0.189. The maximum Gasteiger partial charge on any atom is 0.00915 e. The van der Waals surface area contributed by atoms with Gasteiger partial charge >= 0.3 is 0 Å². The van der Waals surface area contributed by atoms with E-state index in [4.69, 9.17) is 0 Å². The molecule has 2 nitrogen and oxygen atoms in total. The molecular weight excluding hydrogens is 244 g/mol. The molecule has 0 bridgehead atoms. The van der Waals surface area contributed by atoms with Crippen molar-refractivity contribution in [3.63, 3.8) is 0 Å². The van der Waals surface area contributed by atoms with Crippen LogP contribution in [0.5, 0.6) is 0 Å². The van der Waals surface area contributed by atoms with Crippen molar-refractivity contribution in [1.82, 2.24) is 10.2 Å². The molecule has 1 saturated heterocycles. The molecule has 20 heavy (non-hydrogen) atoms. The van der Waals surface area contributed by atoms with Crippen molar-refractivity contribution in [2.75, 3.05) is 26.2 Å². The van der Waals surface area contributed by atoms with Gasteiger partial charge in [-0.1, -0.05) is 36.8 Å². The molecule has 0 amide bonds. The quantitative estimate of drug-likeness (QED) is 0.856. The van der Waals surface area contributed by atoms with E-state index in [-0.39, 0.29) is 0 Å². The molecule has 110 valence electrons. The average Bonchev–Trinajstić information content (AvgIpc) is 2.46. The molecular formula is C18H28N2. The fourth-order valence-corrected chi connectivity index (χ4v) is 3.32. The van der Waals surface area contributed by atoms with E-state index >= 15 is 0 Å². The Balaban J connectivity index is 1.31. The van der Waals surface area contributed by atoms with Gasteiger partial charge in [0.05, 0.1) is 0 Å². The molecule has 1 aromatic carbocycles. The summed E-state index contributed by atoms with van der Waals surface area (Å²) in [4.78, 5) is 2.63. The summed E-state index contributed by atoms with van der Waals surface area (Å²) >= 11 is 0. The van der Waals surface area contributed by atoms with E-state index in [9.17, 15) is 0 Å². The summed E-state index contributed by atoms with van der Waals surface area (Å²) in [7, 11) is 0. The zero-order valence-electron chi connectivity index (χ0n) is 12.6. The Labute approximate surface area is 123 Å². The Morgan fingerprint density at radius 2 is 1.75 bits per heavy atom. The summed E-state index contributed by atoms with van der Waals surface area (Å²) in [6, 6.07) is 11.7. The Morgan fingerprint density at radius 3 is 2.40 bits per heavy atom. The summed E-state index contributed by atoms with van der Waals surface area (Å²) in [5, 5.41) is 3.79. The van der Waals surface area contributed by atoms with Crippen molar-refractivity contribution >= 4 is 0 Å². The molecule has 2 heteroatoms. The second kappa shape index (κ2) is 7.24. The summed E-state index contributed by atoms with van der Waals surface area (Å²) in [6.07, 6.45) is 8.25. The van der Waals surface area contributed by atoms with Crippen LogP contribution in [0.2, 0.25) is 0 Å². The molecule has 1 aliphatic carbocycles. The van der Waals surface area contributed by atoms with Crippen LogP contribution in [0.3, 0.4) is 0 Å². The van der Waals surface area contributed by atoms with Gasteiger partial charge in [0.25, 0.3) is 0 Å². The highest BCUT2D eigenvalue weighted by atomic mass is 15.1. The summed E-state index contributed by atoms with van der Waals surface area (Å²) in [5.74, 6) is 0.992. The van der Waals surface area contributed by atoms with Crippen LogP contribution >= 0.6 is 0 Å². The zero-order chi connectivity index (χ0) is 13.6. The Hall–Kier alpha value is -0.860. The molecule has 0 aromatic heterocycles. The number of hydrogen-bond donors (Lipinski definition) is 1. The number of nitrogens with zero attached hydrogens (tertiary/aromatic N) is 1. The van der Waals surface area contributed by atoms with Crippen LogP contribution < -0.4 is 5.32 Å². The first-order chi connectivity index (χ1) is 9.90. The van der Waals surface area contributed by atoms with Gasteiger partial charge in [0, 0.05) is 12.6 Å². The van der Waals surface area contributed by atoms with E-state index in [2.05, 4.69) is 40.5 Å². The van der Waals surface area contributed by atoms with Crippen LogP contribution in [0.25, 0.3) is 0 Å². The van der Waals surface area contributed by atoms with Crippen LogP contribution in [0.15, 0.2) is 30.3 Å². The molecule has 2 fully saturated rings. The Bertz CT molecular complexity index is 378. The number of benzene rings is 1. The standard InChI is InChI=1S/C18H28N2/c1-2-5-16(6-3-1)9-12-20-13-10-18(11-14-20)19-15-17-7-4-8-17/h1-3,5-6,17-19H,4,7-15H2. The molecule has 1 aliphatic heterocycles. The minimum Gasteiger partial charge on any atom is -0.314 e. The predicted octanol–water partition coefficient (Wildman–Crippen LogP) is 3.08. The monoisotopic (exact) mass is 272 g/mol. The number of piperidine rings is 1. The van der Waals surface area contributed by atoms with Crippen molar-refractivity contribution in [3.05, 3.63) is 35.9 Å². The third-order valence-electron chi connectivity index (χ3n) is 5.07. The Kier molecular flexibility index (Phi) is 5.10. The summed E-state index contributed by atoms with van der Waals surface area (Å²) in [6.45, 7) is 5.04. The van der Waals surface area contributed by atoms with Gasteiger partial charge in [0.2, 0.25) is 0 Å². The number of rotatable bonds is 6. The molecule has 0 radical (unpaired) electrons. The summed E-state index contributed by atoms with van der Waals surface area (Å²) in [5.41, 5.74) is 1.47. The molecule has 3 rings (SSSR count). The first kappa shape index (κ1) is 14.1. The van der Waals surface area contributed by atoms with Gasteiger partial charge in [-0.25, -0.2) is 0 Å². The minimum absolute atomic E-state index is 0.781. The fraction of sp³-hybridized carbons (Fsp3) is 0.667. The van der Waals surface area contributed by atoms with Crippen molar-refractivity contribution < 1.29 is 0 Å². The maximum atomic E-state index is 3.79. The smallest absolute Gasteiger partial charge is 0.00915 e. The molecule has 0 unspecified atom stereocenters. The maximum absolute atomic E-state index is 3.79. The largest absolute Gasteiger partial charge is 0.314 e. The normalized spacial score (nSPS) is 21.8. The topological polar surface area (TPSA) is 15.3 Å². The van der Waals surface area contributed by atoms with Gasteiger partial charge < -0.3 is 10.2 Å². The third-order valence-corrected chi connectivity index (χ3v) is 5.07. The molecule has 1 N–H and O–H groups in total. The lowest BCUT2D eigenvalue weighted by atomic mass is 9.85. The van der Waals surface area contributed by atoms with Gasteiger partial charge in [-0.05, 0) is 63.2 Å². The summed E-state index contributed by atoms with van der Waals surface area (Å²) < 4.78 is 0. The SMILES string of the molecule is c1ccc(CCN2CCC(NCC3CCC3)CC2)cc1. The van der Waals surface area contributed by atoms with E-state index in [0.717, 1.165) is 12.0 Å². The van der Waals surface area contributed by atoms with Crippen LogP contribution in [0.4, 0.5) is 0 Å². The van der Waals surface area contributed by atoms with Gasteiger partial charge in [-0.3, -0.25) is 0 Å². The number of nitrogens with one attached hydrogen (secondary N) is 1. The molecule has 2 aliphatic rings. The van der Waals surface area contributed by atoms with E-state index in [1.165, 1.54) is 70.3 Å². The molecule has 1 heterocycles. The first-order valence-electron chi connectivity index (χ1n) is 8.40. The van der Waals surface area contributed by atoms with Gasteiger partial charge in [-0.2, -0.15) is 0 Å². The van der Waals surface area contributed by atoms with E-state index in [0.29, 0.717) is 0 Å². The fourth-order valence-electron chi connectivity index (χ4n) is 3.32.